The molecule has 2 aliphatic rings. The molecule has 2 aromatic heterocycles. The number of aromatic amines is 1. The van der Waals surface area contributed by atoms with Crippen LogP contribution in [0.1, 0.15) is 33.1 Å². The number of aliphatic hydroxyl groups is 1. The molecule has 2 aromatic rings. The minimum Gasteiger partial charge on any atom is -0.460 e. The van der Waals surface area contributed by atoms with E-state index in [1.807, 2.05) is 50.3 Å². The molecule has 1 fully saturated rings. The molecule has 9 nitrogen and oxygen atoms in total. The predicted octanol–water partition coefficient (Wildman–Crippen LogP) is 2.66. The van der Waals surface area contributed by atoms with Gasteiger partial charge in [0.1, 0.15) is 23.5 Å². The fraction of sp³-hybridized carbons (Fsp3) is 0.467. The Balaban J connectivity index is 0.00000237. The molecule has 42 heavy (non-hydrogen) atoms. The van der Waals surface area contributed by atoms with Crippen molar-refractivity contribution < 1.29 is 32.6 Å². The van der Waals surface area contributed by atoms with E-state index in [0.717, 1.165) is 19.2 Å². The summed E-state index contributed by atoms with van der Waals surface area (Å²) in [6, 6.07) is 3.70. The minimum absolute atomic E-state index is 0.118. The smallest absolute Gasteiger partial charge is 0.395 e. The summed E-state index contributed by atoms with van der Waals surface area (Å²) in [6.07, 6.45) is 9.57. The van der Waals surface area contributed by atoms with E-state index in [0.29, 0.717) is 67.6 Å². The summed E-state index contributed by atoms with van der Waals surface area (Å²) in [4.78, 5) is 36.3. The summed E-state index contributed by atoms with van der Waals surface area (Å²) >= 11 is 0. The number of hydrogen-bond donors (Lipinski definition) is 3. The lowest BCUT2D eigenvalue weighted by Crippen LogP contribution is -2.51. The Hall–Kier alpha value is -3.77. The quantitative estimate of drug-likeness (QED) is 0.208. The molecule has 3 heterocycles. The Morgan fingerprint density at radius 1 is 1.19 bits per heavy atom. The molecule has 0 bridgehead atoms. The number of allylic oxidation sites excluding steroid dienone is 3. The van der Waals surface area contributed by atoms with Crippen molar-refractivity contribution in [3.63, 3.8) is 0 Å². The van der Waals surface area contributed by atoms with Crippen molar-refractivity contribution in [1.82, 2.24) is 20.3 Å². The van der Waals surface area contributed by atoms with E-state index >= 15 is 0 Å². The van der Waals surface area contributed by atoms with Crippen LogP contribution in [0.2, 0.25) is 0 Å². The normalized spacial score (nSPS) is 18.5. The van der Waals surface area contributed by atoms with Crippen molar-refractivity contribution in [2.75, 3.05) is 38.2 Å². The number of ether oxygens (including phenoxy) is 1. The molecule has 0 radical (unpaired) electrons. The first kappa shape index (κ1) is 32.7. The highest BCUT2D eigenvalue weighted by Gasteiger charge is 2.38. The SMILES string of the molecule is CC(C)(C=O)/C=C\C=C/CNCC1(OC=O)CCN(c2ccc(-c3nc4c([nH]3)=CC(C(F)(F)F)CC=4)cn2)CC1.CO. The average molecular weight is 590 g/mol. The number of imidazole rings is 1. The zero-order valence-corrected chi connectivity index (χ0v) is 24.0. The highest BCUT2D eigenvalue weighted by atomic mass is 19.4. The Morgan fingerprint density at radius 3 is 2.55 bits per heavy atom. The topological polar surface area (TPSA) is 120 Å². The van der Waals surface area contributed by atoms with E-state index in [9.17, 15) is 22.8 Å². The second-order valence-electron chi connectivity index (χ2n) is 10.8. The van der Waals surface area contributed by atoms with Gasteiger partial charge < -0.3 is 29.8 Å². The number of anilines is 1. The first-order valence-corrected chi connectivity index (χ1v) is 13.7. The number of carbonyl (C=O) groups is 2. The number of H-pyrrole nitrogens is 1. The van der Waals surface area contributed by atoms with Gasteiger partial charge >= 0.3 is 6.18 Å². The van der Waals surface area contributed by atoms with Gasteiger partial charge in [-0.3, -0.25) is 4.79 Å². The molecule has 1 aliphatic heterocycles. The van der Waals surface area contributed by atoms with Gasteiger partial charge in [-0.2, -0.15) is 13.2 Å². The molecular formula is C30H38F3N5O4. The standard InChI is InChI=1S/C29H34F3N5O3.CH4O/c1-27(2,19-38)10-4-3-5-13-33-18-28(40-20-39)11-14-37(15-12-28)25-9-6-21(17-34-25)26-35-23-8-7-22(29(30,31)32)16-24(23)36-26;1-2/h3-6,8-10,16-17,19-20,22,33H,7,11-15,18H2,1-2H3,(H,35,36);2H,1H3/b5-3-,10-4-;. The molecule has 1 unspecified atom stereocenters. The molecule has 12 heteroatoms. The molecule has 4 rings (SSSR count). The number of aldehydes is 1. The number of hydrogen-bond acceptors (Lipinski definition) is 8. The summed E-state index contributed by atoms with van der Waals surface area (Å²) < 4.78 is 44.8. The molecular weight excluding hydrogens is 551 g/mol. The van der Waals surface area contributed by atoms with Crippen LogP contribution in [-0.2, 0) is 14.3 Å². The van der Waals surface area contributed by atoms with Gasteiger partial charge in [-0.25, -0.2) is 9.97 Å². The summed E-state index contributed by atoms with van der Waals surface area (Å²) in [5.41, 5.74) is -0.431. The molecule has 228 valence electrons. The fourth-order valence-electron chi connectivity index (χ4n) is 4.72. The maximum Gasteiger partial charge on any atom is 0.395 e. The number of aliphatic hydroxyl groups excluding tert-OH is 1. The van der Waals surface area contributed by atoms with Crippen LogP contribution in [-0.4, -0.2) is 77.9 Å². The van der Waals surface area contributed by atoms with Crippen molar-refractivity contribution in [3.05, 3.63) is 53.3 Å². The largest absolute Gasteiger partial charge is 0.460 e. The average Bonchev–Trinajstić information content (AvgIpc) is 3.42. The fourth-order valence-corrected chi connectivity index (χ4v) is 4.72. The van der Waals surface area contributed by atoms with E-state index < -0.39 is 23.1 Å². The van der Waals surface area contributed by atoms with Gasteiger partial charge in [0.2, 0.25) is 0 Å². The molecule has 3 N–H and O–H groups in total. The van der Waals surface area contributed by atoms with E-state index in [1.54, 1.807) is 6.20 Å². The number of aromatic nitrogens is 3. The van der Waals surface area contributed by atoms with Crippen LogP contribution in [0.5, 0.6) is 0 Å². The summed E-state index contributed by atoms with van der Waals surface area (Å²) in [5.74, 6) is -0.283. The van der Waals surface area contributed by atoms with Gasteiger partial charge in [0.05, 0.1) is 16.6 Å². The molecule has 1 atom stereocenters. The highest BCUT2D eigenvalue weighted by molar-refractivity contribution is 5.61. The lowest BCUT2D eigenvalue weighted by molar-refractivity contribution is -0.155. The number of pyridine rings is 1. The first-order valence-electron chi connectivity index (χ1n) is 13.7. The molecule has 1 saturated heterocycles. The lowest BCUT2D eigenvalue weighted by atomic mass is 9.91. The van der Waals surface area contributed by atoms with E-state index in [-0.39, 0.29) is 6.42 Å². The van der Waals surface area contributed by atoms with Crippen LogP contribution in [0.25, 0.3) is 23.5 Å². The Morgan fingerprint density at radius 2 is 1.93 bits per heavy atom. The van der Waals surface area contributed by atoms with Crippen molar-refractivity contribution in [1.29, 1.82) is 0 Å². The van der Waals surface area contributed by atoms with Crippen molar-refractivity contribution in [3.8, 4) is 11.4 Å². The minimum atomic E-state index is -4.29. The number of nitrogens with zero attached hydrogens (tertiary/aromatic N) is 3. The number of piperidine rings is 1. The summed E-state index contributed by atoms with van der Waals surface area (Å²) in [5, 5.41) is 11.2. The molecule has 0 amide bonds. The van der Waals surface area contributed by atoms with E-state index in [2.05, 4.69) is 25.2 Å². The number of alkyl halides is 3. The molecule has 0 saturated carbocycles. The summed E-state index contributed by atoms with van der Waals surface area (Å²) in [7, 11) is 1.00. The third-order valence-electron chi connectivity index (χ3n) is 7.22. The highest BCUT2D eigenvalue weighted by Crippen LogP contribution is 2.31. The number of fused-ring (bicyclic) bond motifs is 1. The number of rotatable bonds is 11. The van der Waals surface area contributed by atoms with Crippen LogP contribution in [0.4, 0.5) is 19.0 Å². The maximum atomic E-state index is 13.1. The van der Waals surface area contributed by atoms with Gasteiger partial charge in [0, 0.05) is 63.3 Å². The second-order valence-corrected chi connectivity index (χ2v) is 10.8. The lowest BCUT2D eigenvalue weighted by Gasteiger charge is -2.40. The molecule has 0 aromatic carbocycles. The van der Waals surface area contributed by atoms with Crippen LogP contribution in [0, 0.1) is 11.3 Å². The van der Waals surface area contributed by atoms with Gasteiger partial charge in [-0.1, -0.05) is 30.4 Å². The Labute approximate surface area is 242 Å². The van der Waals surface area contributed by atoms with E-state index in [4.69, 9.17) is 9.84 Å². The Bertz CT molecular complexity index is 1360. The van der Waals surface area contributed by atoms with Crippen LogP contribution in [0.15, 0.2) is 42.6 Å². The second kappa shape index (κ2) is 14.4. The number of nitrogens with one attached hydrogen (secondary N) is 2. The van der Waals surface area contributed by atoms with Crippen molar-refractivity contribution >= 4 is 30.7 Å². The maximum absolute atomic E-state index is 13.1. The number of carbonyl (C=O) groups excluding carboxylic acids is 2. The third kappa shape index (κ3) is 8.62. The zero-order chi connectivity index (χ0) is 30.8. The monoisotopic (exact) mass is 589 g/mol. The van der Waals surface area contributed by atoms with Gasteiger partial charge in [-0.15, -0.1) is 0 Å². The summed E-state index contributed by atoms with van der Waals surface area (Å²) in [6.45, 7) is 6.54. The van der Waals surface area contributed by atoms with Gasteiger partial charge in [0.15, 0.2) is 0 Å². The van der Waals surface area contributed by atoms with E-state index in [1.165, 1.54) is 12.2 Å². The number of halogens is 3. The van der Waals surface area contributed by atoms with Gasteiger partial charge in [0.25, 0.3) is 6.47 Å². The van der Waals surface area contributed by atoms with Crippen molar-refractivity contribution in [2.45, 2.75) is 44.9 Å². The third-order valence-corrected chi connectivity index (χ3v) is 7.22. The van der Waals surface area contributed by atoms with Gasteiger partial charge in [-0.05, 0) is 38.5 Å². The van der Waals surface area contributed by atoms with Crippen LogP contribution >= 0.6 is 0 Å². The van der Waals surface area contributed by atoms with Crippen LogP contribution < -0.4 is 20.9 Å². The molecule has 0 spiro atoms. The Kier molecular flexibility index (Phi) is 11.2. The molecule has 1 aliphatic carbocycles. The predicted molar refractivity (Wildman–Crippen MR) is 155 cm³/mol. The first-order chi connectivity index (χ1) is 20.0. The van der Waals surface area contributed by atoms with Crippen LogP contribution in [0.3, 0.4) is 0 Å². The zero-order valence-electron chi connectivity index (χ0n) is 24.0. The van der Waals surface area contributed by atoms with Crippen molar-refractivity contribution in [2.24, 2.45) is 11.3 Å².